The van der Waals surface area contributed by atoms with Gasteiger partial charge in [-0.15, -0.1) is 0 Å². The van der Waals surface area contributed by atoms with Crippen molar-refractivity contribution in [3.8, 4) is 11.5 Å². The number of phenolic OH excluding ortho intramolecular Hbond substituents is 1. The van der Waals surface area contributed by atoms with E-state index < -0.39 is 12.8 Å². The van der Waals surface area contributed by atoms with E-state index in [0.29, 0.717) is 10.8 Å². The summed E-state index contributed by atoms with van der Waals surface area (Å²) in [7, 11) is -2.64. The second kappa shape index (κ2) is 3.58. The summed E-state index contributed by atoms with van der Waals surface area (Å²) in [4.78, 5) is 10.5. The quantitative estimate of drug-likeness (QED) is 0.795. The maximum absolute atomic E-state index is 10.5. The van der Waals surface area contributed by atoms with E-state index in [2.05, 4.69) is 20.7 Å². The van der Waals surface area contributed by atoms with Crippen molar-refractivity contribution in [1.29, 1.82) is 0 Å². The Balaban J connectivity index is 3.11. The van der Waals surface area contributed by atoms with Crippen LogP contribution in [0.25, 0.3) is 0 Å². The van der Waals surface area contributed by atoms with Gasteiger partial charge < -0.3 is 9.84 Å². The Bertz CT molecular complexity index is 389. The molecule has 0 amide bonds. The molecule has 0 aliphatic carbocycles. The molecular weight excluding hydrogens is 224 g/mol. The van der Waals surface area contributed by atoms with Crippen molar-refractivity contribution >= 4 is 22.2 Å². The second-order valence-corrected chi connectivity index (χ2v) is 2.92. The van der Waals surface area contributed by atoms with Crippen molar-refractivity contribution in [3.63, 3.8) is 0 Å². The van der Waals surface area contributed by atoms with Gasteiger partial charge in [0.15, 0.2) is 17.8 Å². The molecule has 0 radical (unpaired) electrons. The summed E-state index contributed by atoms with van der Waals surface area (Å²) in [5.41, 5.74) is 0.213. The molecule has 12 heavy (non-hydrogen) atoms. The zero-order valence-corrected chi connectivity index (χ0v) is 7.46. The fourth-order valence-electron chi connectivity index (χ4n) is 0.732. The number of carbonyl (C=O) groups is 1. The van der Waals surface area contributed by atoms with E-state index in [-0.39, 0.29) is 11.3 Å². The van der Waals surface area contributed by atoms with E-state index in [9.17, 15) is 9.90 Å². The molecule has 3 nitrogen and oxygen atoms in total. The van der Waals surface area contributed by atoms with Crippen LogP contribution in [0.15, 0.2) is 16.6 Å². The van der Waals surface area contributed by atoms with Crippen LogP contribution in [-0.4, -0.2) is 18.4 Å². The molecule has 0 saturated heterocycles. The average molecular weight is 234 g/mol. The molecule has 0 bridgehead atoms. The number of phenols is 1. The highest BCUT2D eigenvalue weighted by molar-refractivity contribution is 9.10. The van der Waals surface area contributed by atoms with E-state index in [1.165, 1.54) is 6.07 Å². The monoisotopic (exact) mass is 233 g/mol. The summed E-state index contributed by atoms with van der Waals surface area (Å²) in [6, 6.07) is 2.35. The van der Waals surface area contributed by atoms with Crippen LogP contribution in [-0.2, 0) is 0 Å². The Hall–Kier alpha value is -1.03. The third-order valence-electron chi connectivity index (χ3n) is 1.32. The zero-order chi connectivity index (χ0) is 11.6. The molecule has 1 rings (SSSR count). The van der Waals surface area contributed by atoms with Gasteiger partial charge >= 0.3 is 0 Å². The number of aromatic hydroxyl groups is 1. The number of carbonyl (C=O) groups excluding carboxylic acids is 1. The lowest BCUT2D eigenvalue weighted by Gasteiger charge is -2.04. The Morgan fingerprint density at radius 1 is 1.75 bits per heavy atom. The predicted molar refractivity (Wildman–Crippen MR) is 47.7 cm³/mol. The number of methoxy groups -OCH3 is 1. The Morgan fingerprint density at radius 3 is 3.08 bits per heavy atom. The Kier molecular flexibility index (Phi) is 1.67. The van der Waals surface area contributed by atoms with Crippen LogP contribution in [0.3, 0.4) is 0 Å². The molecule has 0 atom stereocenters. The van der Waals surface area contributed by atoms with Crippen molar-refractivity contribution in [3.05, 3.63) is 22.2 Å². The van der Waals surface area contributed by atoms with Crippen molar-refractivity contribution in [1.82, 2.24) is 0 Å². The third-order valence-corrected chi connectivity index (χ3v) is 2.00. The van der Waals surface area contributed by atoms with Crippen molar-refractivity contribution in [2.75, 3.05) is 7.04 Å². The smallest absolute Gasteiger partial charge is 0.161 e. The van der Waals surface area contributed by atoms with Gasteiger partial charge in [0, 0.05) is 10.0 Å². The minimum atomic E-state index is -2.64. The van der Waals surface area contributed by atoms with Gasteiger partial charge in [-0.2, -0.15) is 0 Å². The van der Waals surface area contributed by atoms with Crippen LogP contribution in [0.2, 0.25) is 0 Å². The topological polar surface area (TPSA) is 46.5 Å². The normalized spacial score (nSPS) is 14.2. The van der Waals surface area contributed by atoms with Gasteiger partial charge in [-0.05, 0) is 28.1 Å². The first-order chi connectivity index (χ1) is 6.83. The highest BCUT2D eigenvalue weighted by Gasteiger charge is 2.06. The number of halogens is 1. The minimum absolute atomic E-state index is 0.201. The lowest BCUT2D eigenvalue weighted by atomic mass is 10.2. The summed E-state index contributed by atoms with van der Waals surface area (Å²) in [6.07, 6.45) is 0.531. The van der Waals surface area contributed by atoms with Gasteiger partial charge in [0.05, 0.1) is 11.2 Å². The molecule has 0 aliphatic rings. The zero-order valence-electron chi connectivity index (χ0n) is 8.87. The molecular formula is C8H7BrO3. The molecule has 1 N–H and O–H groups in total. The lowest BCUT2D eigenvalue weighted by molar-refractivity contribution is 0.112. The van der Waals surface area contributed by atoms with Gasteiger partial charge in [0.1, 0.15) is 0 Å². The third kappa shape index (κ3) is 1.58. The molecule has 0 unspecified atom stereocenters. The first-order valence-electron chi connectivity index (χ1n) is 4.50. The van der Waals surface area contributed by atoms with Crippen LogP contribution < -0.4 is 4.74 Å². The van der Waals surface area contributed by atoms with Gasteiger partial charge in [-0.3, -0.25) is 4.79 Å². The molecule has 64 valence electrons. The highest BCUT2D eigenvalue weighted by atomic mass is 79.9. The lowest BCUT2D eigenvalue weighted by Crippen LogP contribution is -1.87. The Morgan fingerprint density at radius 2 is 2.50 bits per heavy atom. The Labute approximate surface area is 82.3 Å². The second-order valence-electron chi connectivity index (χ2n) is 2.06. The molecule has 0 aliphatic heterocycles. The average Bonchev–Trinajstić information content (AvgIpc) is 2.08. The predicted octanol–water partition coefficient (Wildman–Crippen LogP) is 1.98. The molecule has 0 spiro atoms. The number of hydrogen-bond donors (Lipinski definition) is 1. The molecule has 1 aromatic carbocycles. The first kappa shape index (κ1) is 5.59. The number of ether oxygens (including phenoxy) is 1. The van der Waals surface area contributed by atoms with Crippen molar-refractivity contribution in [2.24, 2.45) is 0 Å². The number of rotatable bonds is 2. The van der Waals surface area contributed by atoms with Crippen LogP contribution in [0.4, 0.5) is 0 Å². The van der Waals surface area contributed by atoms with E-state index in [1.54, 1.807) is 0 Å². The molecule has 0 fully saturated rings. The molecule has 0 heterocycles. The van der Waals surface area contributed by atoms with Gasteiger partial charge in [0.25, 0.3) is 0 Å². The number of benzene rings is 1. The minimum Gasteiger partial charge on any atom is -0.504 e. The highest BCUT2D eigenvalue weighted by Crippen LogP contribution is 2.31. The molecule has 0 saturated carbocycles. The van der Waals surface area contributed by atoms with E-state index in [1.807, 2.05) is 0 Å². The van der Waals surface area contributed by atoms with Gasteiger partial charge in [0.2, 0.25) is 0 Å². The fraction of sp³-hybridized carbons (Fsp3) is 0.125. The van der Waals surface area contributed by atoms with Crippen LogP contribution in [0.1, 0.15) is 14.5 Å². The fourth-order valence-corrected chi connectivity index (χ4v) is 1.15. The first-order valence-corrected chi connectivity index (χ1v) is 3.79. The number of hydrogen-bond acceptors (Lipinski definition) is 3. The van der Waals surface area contributed by atoms with Crippen LogP contribution >= 0.6 is 15.9 Å². The van der Waals surface area contributed by atoms with Crippen LogP contribution in [0.5, 0.6) is 11.5 Å². The van der Waals surface area contributed by atoms with E-state index >= 15 is 0 Å². The van der Waals surface area contributed by atoms with Gasteiger partial charge in [-0.1, -0.05) is 0 Å². The number of aldehydes is 1. The maximum Gasteiger partial charge on any atom is 0.161 e. The molecule has 4 heteroatoms. The van der Waals surface area contributed by atoms with Crippen molar-refractivity contribution in [2.45, 2.75) is 0 Å². The molecule has 0 aromatic heterocycles. The largest absolute Gasteiger partial charge is 0.504 e. The van der Waals surface area contributed by atoms with E-state index in [0.717, 1.165) is 6.07 Å². The van der Waals surface area contributed by atoms with Crippen molar-refractivity contribution < 1.29 is 18.8 Å². The van der Waals surface area contributed by atoms with E-state index in [4.69, 9.17) is 4.11 Å². The summed E-state index contributed by atoms with van der Waals surface area (Å²) in [5, 5.41) is 9.36. The standard InChI is InChI=1S/C8H7BrO3/c1-12-8-3-6(9)5(4-10)2-7(8)11/h2-4,11H,1H3/i1D3. The summed E-state index contributed by atoms with van der Waals surface area (Å²) >= 11 is 3.04. The summed E-state index contributed by atoms with van der Waals surface area (Å²) in [5.74, 6) is -0.594. The summed E-state index contributed by atoms with van der Waals surface area (Å²) < 4.78 is 25.4. The molecule has 1 aromatic rings. The maximum atomic E-state index is 10.5. The summed E-state index contributed by atoms with van der Waals surface area (Å²) in [6.45, 7) is 0. The van der Waals surface area contributed by atoms with Crippen LogP contribution in [0, 0.1) is 0 Å². The van der Waals surface area contributed by atoms with Gasteiger partial charge in [-0.25, -0.2) is 0 Å². The SMILES string of the molecule is [2H]C([2H])([2H])Oc1cc(Br)c(C=O)cc1O.